The van der Waals surface area contributed by atoms with Crippen molar-refractivity contribution < 1.29 is 19.1 Å². The van der Waals surface area contributed by atoms with E-state index in [0.717, 1.165) is 6.21 Å². The zero-order valence-corrected chi connectivity index (χ0v) is 7.57. The maximum Gasteiger partial charge on any atom is 0.420 e. The van der Waals surface area contributed by atoms with E-state index in [4.69, 9.17) is 0 Å². The molecule has 0 aromatic rings. The van der Waals surface area contributed by atoms with Crippen LogP contribution in [0.4, 0.5) is 4.79 Å². The number of esters is 1. The van der Waals surface area contributed by atoms with Crippen LogP contribution in [-0.4, -0.2) is 30.7 Å². The summed E-state index contributed by atoms with van der Waals surface area (Å²) in [5.41, 5.74) is 0. The topological polar surface area (TPSA) is 84.8 Å². The molecule has 3 amide bonds. The highest BCUT2D eigenvalue weighted by Gasteiger charge is 2.38. The fourth-order valence-electron chi connectivity index (χ4n) is 0.898. The number of aliphatic imine (C=N–C) groups is 1. The Labute approximate surface area is 80.3 Å². The largest absolute Gasteiger partial charge is 0.463 e. The van der Waals surface area contributed by atoms with Crippen LogP contribution in [0, 0.1) is 5.92 Å². The van der Waals surface area contributed by atoms with Gasteiger partial charge in [-0.25, -0.2) is 19.7 Å². The summed E-state index contributed by atoms with van der Waals surface area (Å²) < 4.78 is 4.63. The molecule has 1 N–H and O–H groups in total. The fourth-order valence-corrected chi connectivity index (χ4v) is 0.898. The molecule has 1 rings (SSSR count). The van der Waals surface area contributed by atoms with Crippen molar-refractivity contribution in [3.05, 3.63) is 5.92 Å². The molecular weight excluding hydrogens is 188 g/mol. The first-order chi connectivity index (χ1) is 6.63. The summed E-state index contributed by atoms with van der Waals surface area (Å²) in [6.07, 6.45) is 0.911. The van der Waals surface area contributed by atoms with Gasteiger partial charge < -0.3 is 4.74 Å². The van der Waals surface area contributed by atoms with Gasteiger partial charge in [-0.05, 0) is 6.92 Å². The number of imide groups is 1. The smallest absolute Gasteiger partial charge is 0.420 e. The molecule has 6 heteroatoms. The third kappa shape index (κ3) is 2.58. The Bertz CT molecular complexity index is 298. The van der Waals surface area contributed by atoms with Gasteiger partial charge in [-0.2, -0.15) is 4.99 Å². The molecule has 0 atom stereocenters. The predicted molar refractivity (Wildman–Crippen MR) is 46.5 cm³/mol. The van der Waals surface area contributed by atoms with Crippen LogP contribution in [0.3, 0.4) is 0 Å². The number of amides is 3. The van der Waals surface area contributed by atoms with Crippen LogP contribution < -0.4 is 5.32 Å². The van der Waals surface area contributed by atoms with E-state index in [1.165, 1.54) is 0 Å². The van der Waals surface area contributed by atoms with Crippen molar-refractivity contribution in [3.63, 3.8) is 0 Å². The summed E-state index contributed by atoms with van der Waals surface area (Å²) in [6.45, 7) is 1.92. The lowest BCUT2D eigenvalue weighted by Crippen LogP contribution is -2.38. The Balaban J connectivity index is 2.53. The van der Waals surface area contributed by atoms with Crippen LogP contribution in [0.25, 0.3) is 0 Å². The molecule has 0 aromatic carbocycles. The van der Waals surface area contributed by atoms with Crippen LogP contribution >= 0.6 is 0 Å². The van der Waals surface area contributed by atoms with Crippen LogP contribution in [-0.2, 0) is 14.3 Å². The van der Waals surface area contributed by atoms with Gasteiger partial charge >= 0.3 is 17.9 Å². The molecule has 0 unspecified atom stereocenters. The van der Waals surface area contributed by atoms with Crippen molar-refractivity contribution in [2.24, 2.45) is 4.99 Å². The molecule has 0 saturated carbocycles. The van der Waals surface area contributed by atoms with Crippen LogP contribution in [0.2, 0.25) is 0 Å². The third-order valence-electron chi connectivity index (χ3n) is 1.49. The number of ether oxygens (including phenoxy) is 1. The monoisotopic (exact) mass is 197 g/mol. The summed E-state index contributed by atoms with van der Waals surface area (Å²) in [6, 6.07) is -0.720. The second kappa shape index (κ2) is 4.40. The lowest BCUT2D eigenvalue weighted by Gasteiger charge is -2.03. The Hall–Kier alpha value is -1.85. The lowest BCUT2D eigenvalue weighted by atomic mass is 10.1. The molecule has 0 fully saturated rings. The van der Waals surface area contributed by atoms with E-state index in [2.05, 4.69) is 9.73 Å². The number of hydrogen-bond acceptors (Lipinski definition) is 4. The SMILES string of the molecule is CCOC(=O)C[C+]1C=NC(=O)NC1=O. The number of carbonyl (C=O) groups is 3. The Morgan fingerprint density at radius 3 is 2.93 bits per heavy atom. The van der Waals surface area contributed by atoms with E-state index in [0.29, 0.717) is 0 Å². The first-order valence-corrected chi connectivity index (χ1v) is 4.04. The van der Waals surface area contributed by atoms with Crippen molar-refractivity contribution in [2.45, 2.75) is 13.3 Å². The van der Waals surface area contributed by atoms with Crippen LogP contribution in [0.1, 0.15) is 13.3 Å². The van der Waals surface area contributed by atoms with Gasteiger partial charge in [0.25, 0.3) is 0 Å². The Kier molecular flexibility index (Phi) is 3.22. The average molecular weight is 197 g/mol. The molecule has 6 nitrogen and oxygen atoms in total. The number of rotatable bonds is 3. The van der Waals surface area contributed by atoms with E-state index in [9.17, 15) is 14.4 Å². The predicted octanol–water partition coefficient (Wildman–Crippen LogP) is -0.165. The summed E-state index contributed by atoms with van der Waals surface area (Å²) in [5, 5.41) is 1.96. The Morgan fingerprint density at radius 2 is 2.36 bits per heavy atom. The van der Waals surface area contributed by atoms with Crippen molar-refractivity contribution in [2.75, 3.05) is 6.61 Å². The van der Waals surface area contributed by atoms with Gasteiger partial charge in [0.2, 0.25) is 18.6 Å². The standard InChI is InChI=1S/C8H8N2O4/c1-2-14-6(11)3-5-4-9-8(13)10-7(5)12/h4H,2-3H2,1H3/p+1. The molecule has 0 aromatic heterocycles. The zero-order chi connectivity index (χ0) is 10.6. The molecule has 1 aliphatic heterocycles. The first kappa shape index (κ1) is 10.2. The zero-order valence-electron chi connectivity index (χ0n) is 7.57. The quantitative estimate of drug-likeness (QED) is 0.503. The molecule has 0 bridgehead atoms. The third-order valence-corrected chi connectivity index (χ3v) is 1.49. The summed E-state index contributed by atoms with van der Waals surface area (Å²) in [5.74, 6) is -0.987. The summed E-state index contributed by atoms with van der Waals surface area (Å²) in [4.78, 5) is 36.0. The van der Waals surface area contributed by atoms with E-state index >= 15 is 0 Å². The molecule has 14 heavy (non-hydrogen) atoms. The van der Waals surface area contributed by atoms with Gasteiger partial charge in [0.05, 0.1) is 6.61 Å². The second-order valence-corrected chi connectivity index (χ2v) is 2.52. The van der Waals surface area contributed by atoms with E-state index in [1.807, 2.05) is 5.32 Å². The minimum Gasteiger partial charge on any atom is -0.463 e. The van der Waals surface area contributed by atoms with Gasteiger partial charge in [0, 0.05) is 0 Å². The molecular formula is C8H9N2O4+. The van der Waals surface area contributed by atoms with Gasteiger partial charge in [-0.15, -0.1) is 0 Å². The van der Waals surface area contributed by atoms with E-state index in [1.54, 1.807) is 6.92 Å². The van der Waals surface area contributed by atoms with Crippen molar-refractivity contribution >= 4 is 24.1 Å². The van der Waals surface area contributed by atoms with Gasteiger partial charge in [0.1, 0.15) is 0 Å². The van der Waals surface area contributed by atoms with E-state index < -0.39 is 17.9 Å². The van der Waals surface area contributed by atoms with Crippen LogP contribution in [0.5, 0.6) is 0 Å². The highest BCUT2D eigenvalue weighted by molar-refractivity contribution is 6.20. The minimum atomic E-state index is -0.720. The van der Waals surface area contributed by atoms with Gasteiger partial charge in [-0.3, -0.25) is 0 Å². The lowest BCUT2D eigenvalue weighted by molar-refractivity contribution is -0.143. The maximum atomic E-state index is 11.1. The highest BCUT2D eigenvalue weighted by atomic mass is 16.5. The van der Waals surface area contributed by atoms with Gasteiger partial charge in [0.15, 0.2) is 0 Å². The molecule has 1 aliphatic rings. The summed E-state index contributed by atoms with van der Waals surface area (Å²) >= 11 is 0. The molecule has 0 aliphatic carbocycles. The second-order valence-electron chi connectivity index (χ2n) is 2.52. The van der Waals surface area contributed by atoms with Crippen LogP contribution in [0.15, 0.2) is 4.99 Å². The molecule has 0 spiro atoms. The highest BCUT2D eigenvalue weighted by Crippen LogP contribution is 2.08. The average Bonchev–Trinajstić information content (AvgIpc) is 2.10. The fraction of sp³-hybridized carbons (Fsp3) is 0.375. The first-order valence-electron chi connectivity index (χ1n) is 4.04. The molecule has 0 saturated heterocycles. The van der Waals surface area contributed by atoms with Crippen molar-refractivity contribution in [1.29, 1.82) is 0 Å². The number of hydrogen-bond donors (Lipinski definition) is 1. The normalized spacial score (nSPS) is 15.4. The van der Waals surface area contributed by atoms with Crippen molar-refractivity contribution in [1.82, 2.24) is 5.32 Å². The van der Waals surface area contributed by atoms with E-state index in [-0.39, 0.29) is 18.9 Å². The minimum absolute atomic E-state index is 0.128. The molecule has 1 heterocycles. The summed E-state index contributed by atoms with van der Waals surface area (Å²) in [7, 11) is 0. The van der Waals surface area contributed by atoms with Gasteiger partial charge in [-0.1, -0.05) is 0 Å². The number of nitrogens with one attached hydrogen (secondary N) is 1. The Morgan fingerprint density at radius 1 is 1.64 bits per heavy atom. The number of nitrogens with zero attached hydrogens (tertiary/aromatic N) is 1. The molecule has 0 radical (unpaired) electrons. The van der Waals surface area contributed by atoms with Crippen molar-refractivity contribution in [3.8, 4) is 0 Å². The maximum absolute atomic E-state index is 11.1. The number of carbonyl (C=O) groups excluding carboxylic acids is 3. The molecule has 74 valence electrons. The number of urea groups is 1.